The summed E-state index contributed by atoms with van der Waals surface area (Å²) < 4.78 is 0. The molecule has 0 bridgehead atoms. The molecule has 1 unspecified atom stereocenters. The normalized spacial score (nSPS) is 12.3. The Bertz CT molecular complexity index is 418. The van der Waals surface area contributed by atoms with Crippen molar-refractivity contribution in [3.63, 3.8) is 0 Å². The van der Waals surface area contributed by atoms with Crippen molar-refractivity contribution >= 4 is 50.7 Å². The Hall–Kier alpha value is -0.380. The number of alkyl halides is 1. The van der Waals surface area contributed by atoms with E-state index in [1.54, 1.807) is 12.1 Å². The summed E-state index contributed by atoms with van der Waals surface area (Å²) in [6.07, 6.45) is 0. The van der Waals surface area contributed by atoms with Crippen LogP contribution in [0.25, 0.3) is 0 Å². The molecule has 15 heavy (non-hydrogen) atoms. The Morgan fingerprint density at radius 2 is 1.93 bits per heavy atom. The molecule has 1 atom stereocenters. The molecule has 1 rings (SSSR count). The molecule has 0 aliphatic carbocycles. The fourth-order valence-electron chi connectivity index (χ4n) is 1.03. The second-order valence-corrected chi connectivity index (χ2v) is 4.71. The van der Waals surface area contributed by atoms with Gasteiger partial charge in [0.2, 0.25) is 5.78 Å². The third kappa shape index (κ3) is 3.03. The van der Waals surface area contributed by atoms with Gasteiger partial charge in [-0.3, -0.25) is 9.59 Å². The molecular formula is C10H7BrCl2O2. The van der Waals surface area contributed by atoms with Crippen LogP contribution in [0.1, 0.15) is 17.3 Å². The topological polar surface area (TPSA) is 34.1 Å². The van der Waals surface area contributed by atoms with Crippen LogP contribution in [0.2, 0.25) is 10.0 Å². The molecule has 0 N–H and O–H groups in total. The highest BCUT2D eigenvalue weighted by Crippen LogP contribution is 2.32. The van der Waals surface area contributed by atoms with Crippen LogP contribution in [0.15, 0.2) is 18.2 Å². The summed E-state index contributed by atoms with van der Waals surface area (Å²) in [4.78, 5) is 21.6. The second-order valence-electron chi connectivity index (χ2n) is 2.95. The zero-order valence-electron chi connectivity index (χ0n) is 7.76. The van der Waals surface area contributed by atoms with Gasteiger partial charge in [0.15, 0.2) is 5.78 Å². The van der Waals surface area contributed by atoms with E-state index < -0.39 is 16.4 Å². The number of hydrogen-bond donors (Lipinski definition) is 0. The predicted octanol–water partition coefficient (Wildman–Crippen LogP) is 3.59. The molecule has 0 saturated carbocycles. The molecule has 1 aromatic carbocycles. The summed E-state index contributed by atoms with van der Waals surface area (Å²) in [6.45, 7) is 1.22. The number of ketones is 2. The number of carbonyl (C=O) groups excluding carboxylic acids is 2. The Kier molecular flexibility index (Phi) is 4.32. The molecule has 0 aliphatic heterocycles. The Balaban J connectivity index is 3.06. The SMILES string of the molecule is CC(=O)C(=O)C(Br)c1ccc(Cl)cc1Cl. The van der Waals surface area contributed by atoms with Crippen LogP contribution < -0.4 is 0 Å². The first kappa shape index (κ1) is 12.7. The first-order valence-corrected chi connectivity index (χ1v) is 5.74. The van der Waals surface area contributed by atoms with Crippen molar-refractivity contribution in [2.75, 3.05) is 0 Å². The smallest absolute Gasteiger partial charge is 0.216 e. The number of halogens is 3. The summed E-state index contributed by atoms with van der Waals surface area (Å²) >= 11 is 14.7. The zero-order valence-corrected chi connectivity index (χ0v) is 10.9. The van der Waals surface area contributed by atoms with Gasteiger partial charge in [-0.1, -0.05) is 45.2 Å². The van der Waals surface area contributed by atoms with Gasteiger partial charge in [-0.2, -0.15) is 0 Å². The Morgan fingerprint density at radius 3 is 2.40 bits per heavy atom. The third-order valence-electron chi connectivity index (χ3n) is 1.81. The summed E-state index contributed by atoms with van der Waals surface area (Å²) in [6, 6.07) is 4.76. The number of hydrogen-bond acceptors (Lipinski definition) is 2. The summed E-state index contributed by atoms with van der Waals surface area (Å²) in [7, 11) is 0. The average Bonchev–Trinajstić information content (AvgIpc) is 2.15. The molecule has 0 aromatic heterocycles. The molecule has 0 radical (unpaired) electrons. The van der Waals surface area contributed by atoms with Gasteiger partial charge in [-0.05, 0) is 17.7 Å². The van der Waals surface area contributed by atoms with Gasteiger partial charge in [0, 0.05) is 17.0 Å². The molecule has 0 fully saturated rings. The summed E-state index contributed by atoms with van der Waals surface area (Å²) in [5.41, 5.74) is 0.543. The van der Waals surface area contributed by atoms with E-state index in [1.165, 1.54) is 13.0 Å². The lowest BCUT2D eigenvalue weighted by Crippen LogP contribution is -2.15. The lowest BCUT2D eigenvalue weighted by Gasteiger charge is -2.09. The number of rotatable bonds is 3. The number of carbonyl (C=O) groups is 2. The van der Waals surface area contributed by atoms with Crippen LogP contribution in [0.4, 0.5) is 0 Å². The van der Waals surface area contributed by atoms with E-state index in [4.69, 9.17) is 23.2 Å². The molecule has 0 aliphatic rings. The third-order valence-corrected chi connectivity index (χ3v) is 3.28. The van der Waals surface area contributed by atoms with Crippen LogP contribution in [0, 0.1) is 0 Å². The van der Waals surface area contributed by atoms with E-state index in [-0.39, 0.29) is 0 Å². The van der Waals surface area contributed by atoms with E-state index >= 15 is 0 Å². The van der Waals surface area contributed by atoms with Crippen molar-refractivity contribution in [3.8, 4) is 0 Å². The minimum absolute atomic E-state index is 0.360. The van der Waals surface area contributed by atoms with Gasteiger partial charge in [0.1, 0.15) is 4.83 Å². The standard InChI is InChI=1S/C10H7BrCl2O2/c1-5(14)10(15)9(11)7-3-2-6(12)4-8(7)13/h2-4,9H,1H3. The monoisotopic (exact) mass is 308 g/mol. The minimum atomic E-state index is -0.709. The van der Waals surface area contributed by atoms with Crippen LogP contribution in [-0.4, -0.2) is 11.6 Å². The van der Waals surface area contributed by atoms with Crippen LogP contribution in [0.5, 0.6) is 0 Å². The van der Waals surface area contributed by atoms with Gasteiger partial charge >= 0.3 is 0 Å². The molecule has 0 spiro atoms. The van der Waals surface area contributed by atoms with Crippen molar-refractivity contribution < 1.29 is 9.59 Å². The first-order valence-electron chi connectivity index (χ1n) is 4.07. The lowest BCUT2D eigenvalue weighted by atomic mass is 10.1. The van der Waals surface area contributed by atoms with E-state index in [0.717, 1.165) is 0 Å². The number of Topliss-reactive ketones (excluding diaryl/α,β-unsaturated/α-hetero) is 2. The summed E-state index contributed by atoms with van der Waals surface area (Å²) in [5.74, 6) is -1.04. The predicted molar refractivity (Wildman–Crippen MR) is 63.8 cm³/mol. The molecule has 1 aromatic rings. The molecule has 0 saturated heterocycles. The van der Waals surface area contributed by atoms with Crippen LogP contribution >= 0.6 is 39.1 Å². The quantitative estimate of drug-likeness (QED) is 0.631. The summed E-state index contributed by atoms with van der Waals surface area (Å²) in [5, 5.41) is 0.845. The van der Waals surface area contributed by atoms with E-state index in [2.05, 4.69) is 15.9 Å². The highest BCUT2D eigenvalue weighted by atomic mass is 79.9. The van der Waals surface area contributed by atoms with Gasteiger partial charge < -0.3 is 0 Å². The van der Waals surface area contributed by atoms with Crippen molar-refractivity contribution in [1.29, 1.82) is 0 Å². The highest BCUT2D eigenvalue weighted by Gasteiger charge is 2.23. The molecule has 5 heteroatoms. The molecule has 2 nitrogen and oxygen atoms in total. The van der Waals surface area contributed by atoms with E-state index in [9.17, 15) is 9.59 Å². The van der Waals surface area contributed by atoms with Crippen molar-refractivity contribution in [3.05, 3.63) is 33.8 Å². The van der Waals surface area contributed by atoms with E-state index in [0.29, 0.717) is 15.6 Å². The van der Waals surface area contributed by atoms with Crippen molar-refractivity contribution in [2.24, 2.45) is 0 Å². The highest BCUT2D eigenvalue weighted by molar-refractivity contribution is 9.09. The fraction of sp³-hybridized carbons (Fsp3) is 0.200. The Labute approximate surface area is 106 Å². The minimum Gasteiger partial charge on any atom is -0.291 e. The Morgan fingerprint density at radius 1 is 1.33 bits per heavy atom. The first-order chi connectivity index (χ1) is 6.93. The maximum Gasteiger partial charge on any atom is 0.216 e. The van der Waals surface area contributed by atoms with Crippen molar-refractivity contribution in [2.45, 2.75) is 11.8 Å². The zero-order chi connectivity index (χ0) is 11.6. The van der Waals surface area contributed by atoms with E-state index in [1.807, 2.05) is 0 Å². The van der Waals surface area contributed by atoms with Gasteiger partial charge in [0.25, 0.3) is 0 Å². The molecule has 80 valence electrons. The van der Waals surface area contributed by atoms with Gasteiger partial charge in [-0.15, -0.1) is 0 Å². The van der Waals surface area contributed by atoms with Gasteiger partial charge in [0.05, 0.1) is 0 Å². The van der Waals surface area contributed by atoms with Crippen molar-refractivity contribution in [1.82, 2.24) is 0 Å². The number of benzene rings is 1. The molecule has 0 amide bonds. The van der Waals surface area contributed by atoms with Gasteiger partial charge in [-0.25, -0.2) is 0 Å². The fourth-order valence-corrected chi connectivity index (χ4v) is 2.40. The largest absolute Gasteiger partial charge is 0.291 e. The molecular weight excluding hydrogens is 303 g/mol. The maximum atomic E-state index is 11.4. The lowest BCUT2D eigenvalue weighted by molar-refractivity contribution is -0.135. The maximum absolute atomic E-state index is 11.4. The second kappa shape index (κ2) is 5.10. The van der Waals surface area contributed by atoms with Crippen LogP contribution in [-0.2, 0) is 9.59 Å². The molecule has 0 heterocycles. The average molecular weight is 310 g/mol. The van der Waals surface area contributed by atoms with Crippen LogP contribution in [0.3, 0.4) is 0 Å².